The normalized spacial score (nSPS) is 12.6. The van der Waals surface area contributed by atoms with Gasteiger partial charge in [-0.3, -0.25) is 0 Å². The Hall–Kier alpha value is -1.88. The quantitative estimate of drug-likeness (QED) is 0.397. The van der Waals surface area contributed by atoms with E-state index in [-0.39, 0.29) is 5.56 Å². The highest BCUT2D eigenvalue weighted by molar-refractivity contribution is 6.30. The van der Waals surface area contributed by atoms with Crippen LogP contribution in [0, 0.1) is 4.91 Å². The third kappa shape index (κ3) is 4.37. The van der Waals surface area contributed by atoms with Crippen LogP contribution < -0.4 is 0 Å². The number of benzene rings is 1. The van der Waals surface area contributed by atoms with Gasteiger partial charge in [-0.15, -0.1) is 4.91 Å². The number of esters is 1. The molecule has 5 nitrogen and oxygen atoms in total. The van der Waals surface area contributed by atoms with Gasteiger partial charge in [-0.2, -0.15) is 0 Å². The number of carbonyl (C=O) groups excluding carboxylic acids is 1. The molecule has 0 amide bonds. The molecular weight excluding hydrogens is 270 g/mol. The van der Waals surface area contributed by atoms with Crippen LogP contribution in [-0.2, 0) is 9.53 Å². The van der Waals surface area contributed by atoms with Gasteiger partial charge in [0.05, 0.1) is 0 Å². The van der Waals surface area contributed by atoms with Gasteiger partial charge in [-0.25, -0.2) is 4.79 Å². The van der Waals surface area contributed by atoms with Crippen LogP contribution in [-0.4, -0.2) is 16.7 Å². The molecule has 0 aliphatic carbocycles. The van der Waals surface area contributed by atoms with E-state index < -0.39 is 23.0 Å². The van der Waals surface area contributed by atoms with Crippen molar-refractivity contribution in [2.75, 3.05) is 0 Å². The number of hydrogen-bond acceptors (Lipinski definition) is 5. The fourth-order valence-corrected chi connectivity index (χ4v) is 1.37. The van der Waals surface area contributed by atoms with E-state index in [1.54, 1.807) is 20.8 Å². The summed E-state index contributed by atoms with van der Waals surface area (Å²) >= 11 is 5.70. The van der Waals surface area contributed by atoms with Crippen molar-refractivity contribution in [3.05, 3.63) is 45.5 Å². The van der Waals surface area contributed by atoms with Crippen molar-refractivity contribution in [2.45, 2.75) is 26.4 Å². The molecule has 0 atom stereocenters. The summed E-state index contributed by atoms with van der Waals surface area (Å²) in [6.45, 7) is 4.94. The topological polar surface area (TPSA) is 76.0 Å². The maximum atomic E-state index is 11.7. The standard InChI is InChI=1S/C13H14ClNO4/c1-13(2,3)19-12(17)10(15-18)11(16)8-4-6-9(14)7-5-8/h4-7,16H,1-3H3. The van der Waals surface area contributed by atoms with E-state index in [4.69, 9.17) is 16.3 Å². The molecule has 0 bridgehead atoms. The SMILES string of the molecule is CC(C)(C)OC(=O)C(N=O)=C(O)c1ccc(Cl)cc1. The van der Waals surface area contributed by atoms with Crippen molar-refractivity contribution in [1.82, 2.24) is 0 Å². The van der Waals surface area contributed by atoms with Crippen molar-refractivity contribution in [2.24, 2.45) is 5.18 Å². The maximum absolute atomic E-state index is 11.7. The molecule has 0 saturated carbocycles. The van der Waals surface area contributed by atoms with E-state index in [0.29, 0.717) is 5.02 Å². The van der Waals surface area contributed by atoms with Crippen molar-refractivity contribution < 1.29 is 14.6 Å². The van der Waals surface area contributed by atoms with Crippen LogP contribution in [0.25, 0.3) is 5.76 Å². The molecule has 0 unspecified atom stereocenters. The molecule has 102 valence electrons. The van der Waals surface area contributed by atoms with E-state index in [2.05, 4.69) is 5.18 Å². The van der Waals surface area contributed by atoms with Gasteiger partial charge < -0.3 is 9.84 Å². The average Bonchev–Trinajstić information content (AvgIpc) is 2.28. The highest BCUT2D eigenvalue weighted by Gasteiger charge is 2.24. The number of hydrogen-bond donors (Lipinski definition) is 1. The van der Waals surface area contributed by atoms with Crippen molar-refractivity contribution in [1.29, 1.82) is 0 Å². The number of carbonyl (C=O) groups is 1. The molecule has 0 aromatic heterocycles. The zero-order chi connectivity index (χ0) is 14.6. The molecule has 0 heterocycles. The Labute approximate surface area is 115 Å². The number of nitrogens with zero attached hydrogens (tertiary/aromatic N) is 1. The molecule has 0 aliphatic heterocycles. The van der Waals surface area contributed by atoms with Gasteiger partial charge in [0.2, 0.25) is 5.70 Å². The van der Waals surface area contributed by atoms with Gasteiger partial charge >= 0.3 is 5.97 Å². The summed E-state index contributed by atoms with van der Waals surface area (Å²) in [6, 6.07) is 5.97. The first-order valence-corrected chi connectivity index (χ1v) is 5.88. The van der Waals surface area contributed by atoms with Gasteiger partial charge in [0.1, 0.15) is 5.60 Å². The highest BCUT2D eigenvalue weighted by Crippen LogP contribution is 2.21. The van der Waals surface area contributed by atoms with Gasteiger partial charge in [-0.05, 0) is 50.2 Å². The van der Waals surface area contributed by atoms with Gasteiger partial charge in [0.15, 0.2) is 5.76 Å². The minimum Gasteiger partial charge on any atom is -0.505 e. The van der Waals surface area contributed by atoms with Crippen LogP contribution in [0.1, 0.15) is 26.3 Å². The first kappa shape index (κ1) is 15.2. The van der Waals surface area contributed by atoms with Crippen LogP contribution in [0.4, 0.5) is 0 Å². The first-order valence-electron chi connectivity index (χ1n) is 5.50. The lowest BCUT2D eigenvalue weighted by Gasteiger charge is -2.19. The van der Waals surface area contributed by atoms with E-state index in [9.17, 15) is 14.8 Å². The molecule has 0 fully saturated rings. The second-order valence-electron chi connectivity index (χ2n) is 4.80. The highest BCUT2D eigenvalue weighted by atomic mass is 35.5. The maximum Gasteiger partial charge on any atom is 0.365 e. The zero-order valence-corrected chi connectivity index (χ0v) is 11.6. The number of aliphatic hydroxyl groups is 1. The van der Waals surface area contributed by atoms with E-state index >= 15 is 0 Å². The third-order valence-corrected chi connectivity index (χ3v) is 2.28. The fourth-order valence-electron chi connectivity index (χ4n) is 1.25. The van der Waals surface area contributed by atoms with E-state index in [0.717, 1.165) is 0 Å². The number of ether oxygens (including phenoxy) is 1. The Morgan fingerprint density at radius 3 is 2.21 bits per heavy atom. The second kappa shape index (κ2) is 5.84. The Bertz CT molecular complexity index is 514. The van der Waals surface area contributed by atoms with Crippen molar-refractivity contribution >= 4 is 23.3 Å². The van der Waals surface area contributed by atoms with Crippen LogP contribution >= 0.6 is 11.6 Å². The molecule has 0 aliphatic rings. The summed E-state index contributed by atoms with van der Waals surface area (Å²) in [6.07, 6.45) is 0. The fraction of sp³-hybridized carbons (Fsp3) is 0.308. The largest absolute Gasteiger partial charge is 0.505 e. The molecule has 0 spiro atoms. The number of nitroso groups, excluding NO2 is 1. The summed E-state index contributed by atoms with van der Waals surface area (Å²) in [5.74, 6) is -1.52. The van der Waals surface area contributed by atoms with Crippen LogP contribution in [0.2, 0.25) is 5.02 Å². The van der Waals surface area contributed by atoms with Crippen LogP contribution in [0.5, 0.6) is 0 Å². The molecule has 1 N–H and O–H groups in total. The van der Waals surface area contributed by atoms with Gasteiger partial charge in [0.25, 0.3) is 0 Å². The minimum atomic E-state index is -0.977. The summed E-state index contributed by atoms with van der Waals surface area (Å²) in [4.78, 5) is 22.4. The molecule has 0 saturated heterocycles. The number of rotatable bonds is 3. The monoisotopic (exact) mass is 283 g/mol. The smallest absolute Gasteiger partial charge is 0.365 e. The summed E-state index contributed by atoms with van der Waals surface area (Å²) in [5.41, 5.74) is -1.20. The second-order valence-corrected chi connectivity index (χ2v) is 5.23. The van der Waals surface area contributed by atoms with Crippen LogP contribution in [0.3, 0.4) is 0 Å². The lowest BCUT2D eigenvalue weighted by Crippen LogP contribution is -2.25. The third-order valence-electron chi connectivity index (χ3n) is 2.03. The molecule has 1 rings (SSSR count). The Kier molecular flexibility index (Phi) is 4.67. The van der Waals surface area contributed by atoms with Crippen LogP contribution in [0.15, 0.2) is 35.1 Å². The lowest BCUT2D eigenvalue weighted by atomic mass is 10.1. The molecule has 1 aromatic carbocycles. The Balaban J connectivity index is 3.12. The van der Waals surface area contributed by atoms with Gasteiger partial charge in [-0.1, -0.05) is 11.6 Å². The Morgan fingerprint density at radius 2 is 1.79 bits per heavy atom. The molecule has 0 radical (unpaired) electrons. The Morgan fingerprint density at radius 1 is 1.26 bits per heavy atom. The first-order chi connectivity index (χ1) is 8.74. The molecule has 6 heteroatoms. The number of halogens is 1. The predicted molar refractivity (Wildman–Crippen MR) is 72.6 cm³/mol. The summed E-state index contributed by atoms with van der Waals surface area (Å²) in [7, 11) is 0. The molecule has 1 aromatic rings. The lowest BCUT2D eigenvalue weighted by molar-refractivity contribution is -0.149. The summed E-state index contributed by atoms with van der Waals surface area (Å²) < 4.78 is 4.98. The zero-order valence-electron chi connectivity index (χ0n) is 10.8. The van der Waals surface area contributed by atoms with Gasteiger partial charge in [0, 0.05) is 10.6 Å². The van der Waals surface area contributed by atoms with Crippen molar-refractivity contribution in [3.63, 3.8) is 0 Å². The molecular formula is C13H14ClNO4. The summed E-state index contributed by atoms with van der Waals surface area (Å²) in [5, 5.41) is 12.9. The minimum absolute atomic E-state index is 0.254. The van der Waals surface area contributed by atoms with E-state index in [1.807, 2.05) is 0 Å². The van der Waals surface area contributed by atoms with E-state index in [1.165, 1.54) is 24.3 Å². The number of aliphatic hydroxyl groups excluding tert-OH is 1. The molecule has 19 heavy (non-hydrogen) atoms. The predicted octanol–water partition coefficient (Wildman–Crippen LogP) is 3.67. The average molecular weight is 284 g/mol. The van der Waals surface area contributed by atoms with Crippen molar-refractivity contribution in [3.8, 4) is 0 Å².